The van der Waals surface area contributed by atoms with Crippen LogP contribution in [0.2, 0.25) is 0 Å². The van der Waals surface area contributed by atoms with Crippen LogP contribution in [0.15, 0.2) is 33.6 Å². The Hall–Kier alpha value is -2.12. The van der Waals surface area contributed by atoms with Gasteiger partial charge in [0.15, 0.2) is 5.76 Å². The van der Waals surface area contributed by atoms with Crippen molar-refractivity contribution >= 4 is 17.7 Å². The van der Waals surface area contributed by atoms with Gasteiger partial charge in [0.25, 0.3) is 5.95 Å². The Morgan fingerprint density at radius 2 is 1.85 bits per heavy atom. The van der Waals surface area contributed by atoms with E-state index in [1.165, 1.54) is 41.7 Å². The summed E-state index contributed by atoms with van der Waals surface area (Å²) in [5, 5.41) is 0. The van der Waals surface area contributed by atoms with Crippen molar-refractivity contribution < 1.29 is 13.9 Å². The van der Waals surface area contributed by atoms with Crippen LogP contribution >= 0.6 is 11.8 Å². The Morgan fingerprint density at radius 3 is 2.58 bits per heavy atom. The van der Waals surface area contributed by atoms with Gasteiger partial charge in [-0.25, -0.2) is 0 Å². The van der Waals surface area contributed by atoms with Crippen LogP contribution in [0.3, 0.4) is 0 Å². The molecule has 1 aliphatic heterocycles. The summed E-state index contributed by atoms with van der Waals surface area (Å²) >= 11 is 2.00. The first-order valence-corrected chi connectivity index (χ1v) is 13.1. The number of benzene rings is 1. The van der Waals surface area contributed by atoms with E-state index in [1.807, 2.05) is 18.7 Å². The SMILES string of the molecule is CCCCCCc1cc2c(cc1C#Cc1ccc(OC(=O)CCC)o1)C(C)(C)CC(C)(C)S2. The van der Waals surface area contributed by atoms with Gasteiger partial charge in [-0.2, -0.15) is 0 Å². The molecule has 0 spiro atoms. The second kappa shape index (κ2) is 10.9. The Kier molecular flexibility index (Phi) is 8.40. The highest BCUT2D eigenvalue weighted by molar-refractivity contribution is 8.00. The molecule has 1 aromatic heterocycles. The van der Waals surface area contributed by atoms with Crippen LogP contribution in [0.5, 0.6) is 5.95 Å². The van der Waals surface area contributed by atoms with Gasteiger partial charge in [-0.1, -0.05) is 66.7 Å². The van der Waals surface area contributed by atoms with Gasteiger partial charge in [0.1, 0.15) is 0 Å². The molecular formula is C29H38O3S. The number of rotatable bonds is 8. The highest BCUT2D eigenvalue weighted by Crippen LogP contribution is 2.51. The van der Waals surface area contributed by atoms with E-state index in [9.17, 15) is 4.79 Å². The van der Waals surface area contributed by atoms with Crippen molar-refractivity contribution in [3.63, 3.8) is 0 Å². The summed E-state index contributed by atoms with van der Waals surface area (Å²) in [6.07, 6.45) is 8.22. The Balaban J connectivity index is 1.91. The van der Waals surface area contributed by atoms with Crippen LogP contribution in [0.25, 0.3) is 0 Å². The van der Waals surface area contributed by atoms with Crippen molar-refractivity contribution in [3.8, 4) is 17.8 Å². The van der Waals surface area contributed by atoms with Crippen LogP contribution < -0.4 is 4.74 Å². The second-order valence-electron chi connectivity index (χ2n) is 10.3. The number of esters is 1. The average Bonchev–Trinajstić information content (AvgIpc) is 3.15. The number of unbranched alkanes of at least 4 members (excludes halogenated alkanes) is 3. The number of carbonyl (C=O) groups excluding carboxylic acids is 1. The summed E-state index contributed by atoms with van der Waals surface area (Å²) in [6.45, 7) is 13.6. The first kappa shape index (κ1) is 25.5. The third-order valence-corrected chi connectivity index (χ3v) is 7.31. The van der Waals surface area contributed by atoms with E-state index in [-0.39, 0.29) is 22.1 Å². The summed E-state index contributed by atoms with van der Waals surface area (Å²) in [6, 6.07) is 8.13. The summed E-state index contributed by atoms with van der Waals surface area (Å²) < 4.78 is 11.1. The molecule has 1 aromatic carbocycles. The largest absolute Gasteiger partial charge is 0.417 e. The van der Waals surface area contributed by atoms with Crippen molar-refractivity contribution in [2.75, 3.05) is 0 Å². The maximum absolute atomic E-state index is 11.7. The summed E-state index contributed by atoms with van der Waals surface area (Å²) in [5.74, 6) is 6.99. The molecule has 3 nitrogen and oxygen atoms in total. The molecule has 4 heteroatoms. The topological polar surface area (TPSA) is 39.4 Å². The number of thioether (sulfide) groups is 1. The molecular weight excluding hydrogens is 428 g/mol. The Bertz CT molecular complexity index is 1030. The minimum atomic E-state index is -0.280. The van der Waals surface area contributed by atoms with Gasteiger partial charge < -0.3 is 9.15 Å². The predicted molar refractivity (Wildman–Crippen MR) is 137 cm³/mol. The van der Waals surface area contributed by atoms with E-state index in [2.05, 4.69) is 58.6 Å². The summed E-state index contributed by atoms with van der Waals surface area (Å²) in [7, 11) is 0. The number of carbonyl (C=O) groups is 1. The van der Waals surface area contributed by atoms with Gasteiger partial charge >= 0.3 is 5.97 Å². The molecule has 2 aromatic rings. The maximum Gasteiger partial charge on any atom is 0.313 e. The Labute approximate surface area is 204 Å². The normalized spacial score (nSPS) is 15.9. The highest BCUT2D eigenvalue weighted by Gasteiger charge is 2.38. The molecule has 3 rings (SSSR count). The number of ether oxygens (including phenoxy) is 1. The number of hydrogen-bond acceptors (Lipinski definition) is 4. The molecule has 0 N–H and O–H groups in total. The van der Waals surface area contributed by atoms with Crippen LogP contribution in [0.1, 0.15) is 109 Å². The van der Waals surface area contributed by atoms with Crippen LogP contribution in [0, 0.1) is 11.8 Å². The molecule has 0 saturated carbocycles. The van der Waals surface area contributed by atoms with Crippen molar-refractivity contribution in [2.45, 2.75) is 108 Å². The number of aryl methyl sites for hydroxylation is 1. The zero-order valence-electron chi connectivity index (χ0n) is 21.1. The van der Waals surface area contributed by atoms with Crippen LogP contribution in [-0.2, 0) is 16.6 Å². The molecule has 2 heterocycles. The highest BCUT2D eigenvalue weighted by atomic mass is 32.2. The van der Waals surface area contributed by atoms with Gasteiger partial charge in [0, 0.05) is 27.7 Å². The molecule has 33 heavy (non-hydrogen) atoms. The van der Waals surface area contributed by atoms with E-state index >= 15 is 0 Å². The quantitative estimate of drug-likeness (QED) is 0.224. The number of hydrogen-bond donors (Lipinski definition) is 0. The van der Waals surface area contributed by atoms with Crippen molar-refractivity contribution in [2.24, 2.45) is 0 Å². The lowest BCUT2D eigenvalue weighted by Gasteiger charge is -2.42. The van der Waals surface area contributed by atoms with Gasteiger partial charge in [-0.05, 0) is 66.3 Å². The van der Waals surface area contributed by atoms with Crippen molar-refractivity contribution in [1.29, 1.82) is 0 Å². The third-order valence-electron chi connectivity index (χ3n) is 6.06. The van der Waals surface area contributed by atoms with Gasteiger partial charge in [0.2, 0.25) is 0 Å². The number of furan rings is 1. The lowest BCUT2D eigenvalue weighted by atomic mass is 9.76. The molecule has 178 valence electrons. The van der Waals surface area contributed by atoms with Gasteiger partial charge in [-0.15, -0.1) is 11.8 Å². The molecule has 0 fully saturated rings. The predicted octanol–water partition coefficient (Wildman–Crippen LogP) is 8.06. The van der Waals surface area contributed by atoms with E-state index in [0.29, 0.717) is 12.2 Å². The van der Waals surface area contributed by atoms with E-state index in [1.54, 1.807) is 12.1 Å². The minimum absolute atomic E-state index is 0.104. The zero-order valence-corrected chi connectivity index (χ0v) is 21.9. The zero-order chi connectivity index (χ0) is 24.1. The summed E-state index contributed by atoms with van der Waals surface area (Å²) in [5.41, 5.74) is 3.90. The van der Waals surface area contributed by atoms with E-state index < -0.39 is 0 Å². The molecule has 0 atom stereocenters. The lowest BCUT2D eigenvalue weighted by Crippen LogP contribution is -2.33. The van der Waals surface area contributed by atoms with E-state index in [0.717, 1.165) is 24.8 Å². The molecule has 0 unspecified atom stereocenters. The smallest absolute Gasteiger partial charge is 0.313 e. The average molecular weight is 467 g/mol. The van der Waals surface area contributed by atoms with Crippen molar-refractivity contribution in [3.05, 3.63) is 46.7 Å². The van der Waals surface area contributed by atoms with Gasteiger partial charge in [0.05, 0.1) is 0 Å². The fourth-order valence-corrected chi connectivity index (χ4v) is 6.41. The minimum Gasteiger partial charge on any atom is -0.417 e. The lowest BCUT2D eigenvalue weighted by molar-refractivity contribution is -0.135. The molecule has 0 amide bonds. The standard InChI is InChI=1S/C29H38O3S/c1-7-9-10-11-13-21-19-25-24(28(3,4)20-29(5,6)33-25)18-22(21)14-15-23-16-17-27(31-23)32-26(30)12-8-2/h16-19H,7-13,20H2,1-6H3. The summed E-state index contributed by atoms with van der Waals surface area (Å²) in [4.78, 5) is 13.1. The monoisotopic (exact) mass is 466 g/mol. The second-order valence-corrected chi connectivity index (χ2v) is 12.1. The molecule has 1 aliphatic rings. The van der Waals surface area contributed by atoms with Crippen molar-refractivity contribution in [1.82, 2.24) is 0 Å². The van der Waals surface area contributed by atoms with E-state index in [4.69, 9.17) is 9.15 Å². The first-order valence-electron chi connectivity index (χ1n) is 12.3. The van der Waals surface area contributed by atoms with Crippen LogP contribution in [0.4, 0.5) is 0 Å². The molecule has 0 bridgehead atoms. The first-order chi connectivity index (χ1) is 15.6. The Morgan fingerprint density at radius 1 is 1.06 bits per heavy atom. The van der Waals surface area contributed by atoms with Crippen LogP contribution in [-0.4, -0.2) is 10.7 Å². The molecule has 0 aliphatic carbocycles. The fourth-order valence-electron chi connectivity index (χ4n) is 4.73. The number of fused-ring (bicyclic) bond motifs is 1. The maximum atomic E-state index is 11.7. The molecule has 0 saturated heterocycles. The molecule has 0 radical (unpaired) electrons. The van der Waals surface area contributed by atoms with Gasteiger partial charge in [-0.3, -0.25) is 4.79 Å². The fraction of sp³-hybridized carbons (Fsp3) is 0.552. The third kappa shape index (κ3) is 6.93.